The van der Waals surface area contributed by atoms with Crippen molar-refractivity contribution < 1.29 is 23.9 Å². The minimum atomic E-state index is -0.499. The number of nitrogens with one attached hydrogen (secondary N) is 3. The quantitative estimate of drug-likeness (QED) is 0.503. The number of benzene rings is 2. The van der Waals surface area contributed by atoms with Crippen molar-refractivity contribution in [3.63, 3.8) is 0 Å². The van der Waals surface area contributed by atoms with E-state index in [-0.39, 0.29) is 23.4 Å². The molecule has 3 amide bonds. The third-order valence-electron chi connectivity index (χ3n) is 5.64. The van der Waals surface area contributed by atoms with Crippen LogP contribution in [0.4, 0.5) is 11.4 Å². The summed E-state index contributed by atoms with van der Waals surface area (Å²) in [5.41, 5.74) is 1.81. The van der Waals surface area contributed by atoms with Crippen LogP contribution in [0, 0.1) is 5.92 Å². The number of methoxy groups -OCH3 is 2. The Morgan fingerprint density at radius 1 is 0.882 bits per heavy atom. The van der Waals surface area contributed by atoms with Crippen molar-refractivity contribution in [2.24, 2.45) is 5.92 Å². The second-order valence-corrected chi connectivity index (χ2v) is 8.21. The van der Waals surface area contributed by atoms with Crippen LogP contribution in [0.5, 0.6) is 11.5 Å². The Balaban J connectivity index is 1.75. The summed E-state index contributed by atoms with van der Waals surface area (Å²) < 4.78 is 10.5. The first-order valence-electron chi connectivity index (χ1n) is 11.3. The first-order valence-corrected chi connectivity index (χ1v) is 11.3. The smallest absolute Gasteiger partial charge is 0.272 e. The molecule has 1 saturated carbocycles. The number of amides is 3. The normalized spacial score (nSPS) is 14.1. The maximum Gasteiger partial charge on any atom is 0.272 e. The molecule has 1 aliphatic carbocycles. The van der Waals surface area contributed by atoms with Gasteiger partial charge < -0.3 is 25.4 Å². The molecule has 8 heteroatoms. The van der Waals surface area contributed by atoms with Crippen molar-refractivity contribution in [2.75, 3.05) is 24.9 Å². The van der Waals surface area contributed by atoms with Gasteiger partial charge in [-0.3, -0.25) is 14.4 Å². The number of ether oxygens (including phenoxy) is 2. The Bertz CT molecular complexity index is 1070. The molecule has 2 aromatic rings. The Morgan fingerprint density at radius 3 is 2.21 bits per heavy atom. The van der Waals surface area contributed by atoms with Crippen LogP contribution in [0.3, 0.4) is 0 Å². The summed E-state index contributed by atoms with van der Waals surface area (Å²) in [6.07, 6.45) is 6.69. The van der Waals surface area contributed by atoms with E-state index in [1.54, 1.807) is 48.5 Å². The molecule has 2 aromatic carbocycles. The Morgan fingerprint density at radius 2 is 1.56 bits per heavy atom. The zero-order valence-electron chi connectivity index (χ0n) is 19.8. The number of hydrogen-bond acceptors (Lipinski definition) is 5. The highest BCUT2D eigenvalue weighted by atomic mass is 16.5. The predicted octanol–water partition coefficient (Wildman–Crippen LogP) is 4.34. The molecule has 0 aromatic heterocycles. The van der Waals surface area contributed by atoms with Crippen molar-refractivity contribution in [2.45, 2.75) is 39.0 Å². The average molecular weight is 466 g/mol. The van der Waals surface area contributed by atoms with Gasteiger partial charge in [-0.1, -0.05) is 31.4 Å². The van der Waals surface area contributed by atoms with Gasteiger partial charge in [0.25, 0.3) is 5.91 Å². The third kappa shape index (κ3) is 6.84. The summed E-state index contributed by atoms with van der Waals surface area (Å²) in [6, 6.07) is 12.1. The fourth-order valence-corrected chi connectivity index (χ4v) is 3.94. The molecule has 34 heavy (non-hydrogen) atoms. The molecular weight excluding hydrogens is 434 g/mol. The zero-order valence-corrected chi connectivity index (χ0v) is 19.8. The average Bonchev–Trinajstić information content (AvgIpc) is 2.84. The van der Waals surface area contributed by atoms with Gasteiger partial charge in [0.05, 0.1) is 14.2 Å². The van der Waals surface area contributed by atoms with Crippen LogP contribution in [-0.4, -0.2) is 31.9 Å². The van der Waals surface area contributed by atoms with Crippen molar-refractivity contribution in [3.8, 4) is 11.5 Å². The summed E-state index contributed by atoms with van der Waals surface area (Å²) in [4.78, 5) is 37.3. The predicted molar refractivity (Wildman–Crippen MR) is 132 cm³/mol. The lowest BCUT2D eigenvalue weighted by atomic mass is 9.88. The molecule has 0 bridgehead atoms. The molecule has 0 saturated heterocycles. The molecule has 180 valence electrons. The number of rotatable bonds is 8. The van der Waals surface area contributed by atoms with Crippen LogP contribution >= 0.6 is 0 Å². The highest BCUT2D eigenvalue weighted by molar-refractivity contribution is 6.08. The summed E-state index contributed by atoms with van der Waals surface area (Å²) in [7, 11) is 3.06. The summed E-state index contributed by atoms with van der Waals surface area (Å²) >= 11 is 0. The zero-order chi connectivity index (χ0) is 24.5. The fourth-order valence-electron chi connectivity index (χ4n) is 3.94. The maximum atomic E-state index is 13.0. The number of hydrogen-bond donors (Lipinski definition) is 3. The lowest BCUT2D eigenvalue weighted by Gasteiger charge is -2.21. The van der Waals surface area contributed by atoms with Crippen LogP contribution in [0.2, 0.25) is 0 Å². The highest BCUT2D eigenvalue weighted by Crippen LogP contribution is 2.29. The van der Waals surface area contributed by atoms with E-state index in [0.29, 0.717) is 28.4 Å². The van der Waals surface area contributed by atoms with Gasteiger partial charge in [-0.25, -0.2) is 0 Å². The Labute approximate surface area is 199 Å². The molecular formula is C26H31N3O5. The number of carbonyl (C=O) groups is 3. The molecule has 8 nitrogen and oxygen atoms in total. The van der Waals surface area contributed by atoms with Crippen LogP contribution in [0.25, 0.3) is 6.08 Å². The van der Waals surface area contributed by atoms with Gasteiger partial charge in [0.15, 0.2) is 11.5 Å². The van der Waals surface area contributed by atoms with Gasteiger partial charge >= 0.3 is 0 Å². The monoisotopic (exact) mass is 465 g/mol. The molecule has 1 aliphatic rings. The van der Waals surface area contributed by atoms with E-state index in [1.807, 2.05) is 0 Å². The number of anilines is 2. The largest absolute Gasteiger partial charge is 0.493 e. The van der Waals surface area contributed by atoms with Crippen LogP contribution in [0.15, 0.2) is 48.2 Å². The van der Waals surface area contributed by atoms with Crippen LogP contribution < -0.4 is 25.4 Å². The lowest BCUT2D eigenvalue weighted by molar-refractivity contribution is -0.121. The second-order valence-electron chi connectivity index (χ2n) is 8.21. The highest BCUT2D eigenvalue weighted by Gasteiger charge is 2.21. The van der Waals surface area contributed by atoms with Crippen LogP contribution in [0.1, 0.15) is 44.6 Å². The molecule has 0 atom stereocenters. The summed E-state index contributed by atoms with van der Waals surface area (Å²) in [6.45, 7) is 1.33. The molecule has 0 spiro atoms. The van der Waals surface area contributed by atoms with Gasteiger partial charge in [0.2, 0.25) is 11.8 Å². The Kier molecular flexibility index (Phi) is 8.67. The second kappa shape index (κ2) is 11.9. The van der Waals surface area contributed by atoms with E-state index in [0.717, 1.165) is 25.7 Å². The summed E-state index contributed by atoms with van der Waals surface area (Å²) in [5.74, 6) is 0.215. The molecule has 1 fully saturated rings. The van der Waals surface area contributed by atoms with Gasteiger partial charge in [-0.15, -0.1) is 0 Å². The molecule has 0 radical (unpaired) electrons. The van der Waals surface area contributed by atoms with E-state index in [4.69, 9.17) is 9.47 Å². The van der Waals surface area contributed by atoms with E-state index >= 15 is 0 Å². The van der Waals surface area contributed by atoms with Gasteiger partial charge in [0, 0.05) is 24.2 Å². The molecule has 3 N–H and O–H groups in total. The van der Waals surface area contributed by atoms with Gasteiger partial charge in [0.1, 0.15) is 5.70 Å². The molecule has 3 rings (SSSR count). The first kappa shape index (κ1) is 24.8. The van der Waals surface area contributed by atoms with Gasteiger partial charge in [-0.05, 0) is 54.8 Å². The van der Waals surface area contributed by atoms with Crippen molar-refractivity contribution >= 4 is 35.2 Å². The van der Waals surface area contributed by atoms with Crippen molar-refractivity contribution in [1.29, 1.82) is 0 Å². The first-order chi connectivity index (χ1) is 16.4. The topological polar surface area (TPSA) is 106 Å². The fraction of sp³-hybridized carbons (Fsp3) is 0.346. The van der Waals surface area contributed by atoms with Crippen LogP contribution in [-0.2, 0) is 14.4 Å². The lowest BCUT2D eigenvalue weighted by Crippen LogP contribution is -2.29. The minimum absolute atomic E-state index is 0.00969. The van der Waals surface area contributed by atoms with Crippen molar-refractivity contribution in [3.05, 3.63) is 53.7 Å². The number of carbonyl (C=O) groups excluding carboxylic acids is 3. The van der Waals surface area contributed by atoms with E-state index in [1.165, 1.54) is 27.6 Å². The summed E-state index contributed by atoms with van der Waals surface area (Å²) in [5, 5.41) is 8.31. The SMILES string of the molecule is COc1ccc(/C=C(\NC(C)=O)C(=O)Nc2cccc(NC(=O)C3CCCCC3)c2)cc1OC. The molecule has 0 unspecified atom stereocenters. The van der Waals surface area contributed by atoms with E-state index in [2.05, 4.69) is 16.0 Å². The third-order valence-corrected chi connectivity index (χ3v) is 5.64. The van der Waals surface area contributed by atoms with E-state index < -0.39 is 5.91 Å². The Hall–Kier alpha value is -3.81. The van der Waals surface area contributed by atoms with Gasteiger partial charge in [-0.2, -0.15) is 0 Å². The molecule has 0 aliphatic heterocycles. The molecule has 0 heterocycles. The maximum absolute atomic E-state index is 13.0. The van der Waals surface area contributed by atoms with E-state index in [9.17, 15) is 14.4 Å². The minimum Gasteiger partial charge on any atom is -0.493 e. The van der Waals surface area contributed by atoms with Crippen molar-refractivity contribution in [1.82, 2.24) is 5.32 Å². The standard InChI is InChI=1S/C26H31N3O5/c1-17(30)27-22(14-18-12-13-23(33-2)24(15-18)34-3)26(32)29-21-11-7-10-20(16-21)28-25(31)19-8-5-4-6-9-19/h7,10-16,19H,4-6,8-9H2,1-3H3,(H,27,30)(H,28,31)(H,29,32)/b22-14-.